The zero-order valence-corrected chi connectivity index (χ0v) is 20.8. The molecule has 3 heterocycles. The SMILES string of the molecule is CN1CCN(C(=O)c2cccc(CSc3nnc(-c4cccs4)n3Cc3ccccc3)c2)CC1. The van der Waals surface area contributed by atoms with Gasteiger partial charge in [0.25, 0.3) is 5.91 Å². The van der Waals surface area contributed by atoms with E-state index < -0.39 is 0 Å². The van der Waals surface area contributed by atoms with Crippen LogP contribution < -0.4 is 0 Å². The van der Waals surface area contributed by atoms with E-state index in [1.165, 1.54) is 5.56 Å². The van der Waals surface area contributed by atoms with E-state index >= 15 is 0 Å². The number of hydrogen-bond donors (Lipinski definition) is 0. The highest BCUT2D eigenvalue weighted by atomic mass is 32.2. The molecule has 0 N–H and O–H groups in total. The Morgan fingerprint density at radius 2 is 1.74 bits per heavy atom. The van der Waals surface area contributed by atoms with Crippen LogP contribution in [0.2, 0.25) is 0 Å². The molecule has 2 aromatic carbocycles. The standard InChI is InChI=1S/C26H27N5OS2/c1-29-12-14-30(15-13-29)25(32)22-10-5-9-21(17-22)19-34-26-28-27-24(23-11-6-16-33-23)31(26)18-20-7-3-2-4-8-20/h2-11,16-17H,12-15,18-19H2,1H3. The number of thioether (sulfide) groups is 1. The number of carbonyl (C=O) groups excluding carboxylic acids is 1. The van der Waals surface area contributed by atoms with Crippen molar-refractivity contribution in [3.63, 3.8) is 0 Å². The smallest absolute Gasteiger partial charge is 0.253 e. The lowest BCUT2D eigenvalue weighted by atomic mass is 10.1. The number of carbonyl (C=O) groups is 1. The zero-order valence-electron chi connectivity index (χ0n) is 19.1. The minimum atomic E-state index is 0.118. The van der Waals surface area contributed by atoms with E-state index in [2.05, 4.69) is 68.5 Å². The summed E-state index contributed by atoms with van der Waals surface area (Å²) in [5.41, 5.74) is 3.08. The molecule has 0 aliphatic carbocycles. The molecule has 0 bridgehead atoms. The molecule has 8 heteroatoms. The van der Waals surface area contributed by atoms with Crippen LogP contribution in [-0.2, 0) is 12.3 Å². The number of rotatable bonds is 7. The Kier molecular flexibility index (Phi) is 7.08. The quantitative estimate of drug-likeness (QED) is 0.351. The van der Waals surface area contributed by atoms with Gasteiger partial charge in [0.15, 0.2) is 11.0 Å². The molecule has 174 valence electrons. The van der Waals surface area contributed by atoms with Gasteiger partial charge in [0.2, 0.25) is 0 Å². The van der Waals surface area contributed by atoms with Crippen molar-refractivity contribution < 1.29 is 4.79 Å². The summed E-state index contributed by atoms with van der Waals surface area (Å²) >= 11 is 3.33. The Labute approximate surface area is 208 Å². The highest BCUT2D eigenvalue weighted by Gasteiger charge is 2.21. The number of likely N-dealkylation sites (N-methyl/N-ethyl adjacent to an activating group) is 1. The Balaban J connectivity index is 1.33. The van der Waals surface area contributed by atoms with Gasteiger partial charge in [-0.1, -0.05) is 60.3 Å². The van der Waals surface area contributed by atoms with E-state index in [0.29, 0.717) is 6.54 Å². The maximum atomic E-state index is 13.0. The predicted molar refractivity (Wildman–Crippen MR) is 138 cm³/mol. The van der Waals surface area contributed by atoms with Crippen molar-refractivity contribution in [1.82, 2.24) is 24.6 Å². The molecule has 1 aliphatic rings. The zero-order chi connectivity index (χ0) is 23.3. The summed E-state index contributed by atoms with van der Waals surface area (Å²) in [4.78, 5) is 18.3. The second-order valence-corrected chi connectivity index (χ2v) is 10.3. The maximum Gasteiger partial charge on any atom is 0.253 e. The molecule has 5 rings (SSSR count). The summed E-state index contributed by atoms with van der Waals surface area (Å²) in [5.74, 6) is 1.73. The van der Waals surface area contributed by atoms with Gasteiger partial charge in [-0.15, -0.1) is 21.5 Å². The van der Waals surface area contributed by atoms with Gasteiger partial charge in [0, 0.05) is 37.5 Å². The lowest BCUT2D eigenvalue weighted by molar-refractivity contribution is 0.0664. The normalized spacial score (nSPS) is 14.4. The largest absolute Gasteiger partial charge is 0.336 e. The molecule has 34 heavy (non-hydrogen) atoms. The molecule has 1 fully saturated rings. The molecule has 0 atom stereocenters. The lowest BCUT2D eigenvalue weighted by Crippen LogP contribution is -2.47. The summed E-state index contributed by atoms with van der Waals surface area (Å²) in [5, 5.41) is 12.0. The van der Waals surface area contributed by atoms with Gasteiger partial charge in [0.05, 0.1) is 11.4 Å². The average Bonchev–Trinajstić information content (AvgIpc) is 3.54. The molecule has 0 unspecified atom stereocenters. The molecule has 4 aromatic rings. The van der Waals surface area contributed by atoms with Gasteiger partial charge in [-0.3, -0.25) is 9.36 Å². The monoisotopic (exact) mass is 489 g/mol. The lowest BCUT2D eigenvalue weighted by Gasteiger charge is -2.32. The number of benzene rings is 2. The van der Waals surface area contributed by atoms with E-state index in [4.69, 9.17) is 0 Å². The maximum absolute atomic E-state index is 13.0. The van der Waals surface area contributed by atoms with Gasteiger partial charge < -0.3 is 9.80 Å². The third-order valence-electron chi connectivity index (χ3n) is 5.97. The first-order valence-electron chi connectivity index (χ1n) is 11.4. The molecule has 1 saturated heterocycles. The highest BCUT2D eigenvalue weighted by Crippen LogP contribution is 2.30. The summed E-state index contributed by atoms with van der Waals surface area (Å²) in [7, 11) is 2.10. The van der Waals surface area contributed by atoms with Crippen molar-refractivity contribution >= 4 is 29.0 Å². The summed E-state index contributed by atoms with van der Waals surface area (Å²) in [6.07, 6.45) is 0. The van der Waals surface area contributed by atoms with E-state index in [9.17, 15) is 4.79 Å². The van der Waals surface area contributed by atoms with Crippen LogP contribution in [-0.4, -0.2) is 63.7 Å². The van der Waals surface area contributed by atoms with Crippen LogP contribution in [0.25, 0.3) is 10.7 Å². The highest BCUT2D eigenvalue weighted by molar-refractivity contribution is 7.98. The van der Waals surface area contributed by atoms with Crippen LogP contribution >= 0.6 is 23.1 Å². The fourth-order valence-electron chi connectivity index (χ4n) is 4.03. The average molecular weight is 490 g/mol. The fourth-order valence-corrected chi connectivity index (χ4v) is 5.62. The number of aromatic nitrogens is 3. The van der Waals surface area contributed by atoms with Crippen LogP contribution in [0.5, 0.6) is 0 Å². The summed E-state index contributed by atoms with van der Waals surface area (Å²) in [6.45, 7) is 4.12. The van der Waals surface area contributed by atoms with Crippen molar-refractivity contribution in [2.24, 2.45) is 0 Å². The van der Waals surface area contributed by atoms with Crippen LogP contribution in [0.1, 0.15) is 21.5 Å². The minimum Gasteiger partial charge on any atom is -0.336 e. The third-order valence-corrected chi connectivity index (χ3v) is 7.88. The molecular formula is C26H27N5OS2. The van der Waals surface area contributed by atoms with E-state index in [0.717, 1.165) is 58.9 Å². The minimum absolute atomic E-state index is 0.118. The Morgan fingerprint density at radius 1 is 0.941 bits per heavy atom. The van der Waals surface area contributed by atoms with Crippen molar-refractivity contribution in [2.45, 2.75) is 17.5 Å². The first-order valence-corrected chi connectivity index (χ1v) is 13.2. The van der Waals surface area contributed by atoms with Crippen LogP contribution in [0.4, 0.5) is 0 Å². The predicted octanol–water partition coefficient (Wildman–Crippen LogP) is 4.73. The van der Waals surface area contributed by atoms with E-state index in [-0.39, 0.29) is 5.91 Å². The fraction of sp³-hybridized carbons (Fsp3) is 0.269. The Morgan fingerprint density at radius 3 is 2.50 bits per heavy atom. The number of nitrogens with zero attached hydrogens (tertiary/aromatic N) is 5. The molecule has 2 aromatic heterocycles. The molecule has 6 nitrogen and oxygen atoms in total. The first kappa shape index (κ1) is 22.8. The van der Waals surface area contributed by atoms with E-state index in [1.807, 2.05) is 35.2 Å². The number of piperazine rings is 1. The third kappa shape index (κ3) is 5.24. The second-order valence-electron chi connectivity index (χ2n) is 8.44. The topological polar surface area (TPSA) is 54.3 Å². The van der Waals surface area contributed by atoms with Crippen LogP contribution in [0.3, 0.4) is 0 Å². The van der Waals surface area contributed by atoms with Crippen LogP contribution in [0, 0.1) is 0 Å². The van der Waals surface area contributed by atoms with Crippen molar-refractivity contribution in [1.29, 1.82) is 0 Å². The van der Waals surface area contributed by atoms with Gasteiger partial charge in [-0.25, -0.2) is 0 Å². The molecule has 1 amide bonds. The molecule has 0 spiro atoms. The van der Waals surface area contributed by atoms with Gasteiger partial charge in [0.1, 0.15) is 0 Å². The number of hydrogen-bond acceptors (Lipinski definition) is 6. The van der Waals surface area contributed by atoms with Gasteiger partial charge in [-0.2, -0.15) is 0 Å². The molecule has 0 radical (unpaired) electrons. The van der Waals surface area contributed by atoms with Gasteiger partial charge in [-0.05, 0) is 41.8 Å². The van der Waals surface area contributed by atoms with Crippen molar-refractivity contribution in [3.8, 4) is 10.7 Å². The molecular weight excluding hydrogens is 462 g/mol. The van der Waals surface area contributed by atoms with Crippen molar-refractivity contribution in [3.05, 3.63) is 88.8 Å². The Hall–Kier alpha value is -2.94. The number of amides is 1. The first-order chi connectivity index (χ1) is 16.7. The number of thiophene rings is 1. The summed E-state index contributed by atoms with van der Waals surface area (Å²) < 4.78 is 2.19. The summed E-state index contributed by atoms with van der Waals surface area (Å²) in [6, 6.07) is 22.5. The molecule has 1 aliphatic heterocycles. The second kappa shape index (κ2) is 10.5. The van der Waals surface area contributed by atoms with Gasteiger partial charge >= 0.3 is 0 Å². The molecule has 0 saturated carbocycles. The van der Waals surface area contributed by atoms with Crippen molar-refractivity contribution in [2.75, 3.05) is 33.2 Å². The van der Waals surface area contributed by atoms with Crippen LogP contribution in [0.15, 0.2) is 77.3 Å². The van der Waals surface area contributed by atoms with E-state index in [1.54, 1.807) is 23.1 Å². The Bertz CT molecular complexity index is 1230.